The minimum Gasteiger partial charge on any atom is -0.485 e. The predicted octanol–water partition coefficient (Wildman–Crippen LogP) is 4.35. The van der Waals surface area contributed by atoms with Crippen molar-refractivity contribution in [1.29, 1.82) is 0 Å². The van der Waals surface area contributed by atoms with Crippen LogP contribution in [0.3, 0.4) is 0 Å². The van der Waals surface area contributed by atoms with Crippen molar-refractivity contribution in [1.82, 2.24) is 10.1 Å². The Morgan fingerprint density at radius 2 is 1.38 bits per heavy atom. The minimum absolute atomic E-state index is 0.197. The molecule has 0 aliphatic carbocycles. The lowest BCUT2D eigenvalue weighted by Gasteiger charge is -2.14. The predicted molar refractivity (Wildman–Crippen MR) is 109 cm³/mol. The molecule has 146 valence electrons. The average Bonchev–Trinajstić information content (AvgIpc) is 3.27. The van der Waals surface area contributed by atoms with Crippen LogP contribution in [0.5, 0.6) is 11.5 Å². The molecule has 0 bridgehead atoms. The quantitative estimate of drug-likeness (QED) is 0.484. The second kappa shape index (κ2) is 9.03. The molecule has 0 unspecified atom stereocenters. The third-order valence-corrected chi connectivity index (χ3v) is 4.32. The van der Waals surface area contributed by atoms with Gasteiger partial charge in [-0.25, -0.2) is 0 Å². The number of nitrogens with zero attached hydrogens (tertiary/aromatic N) is 2. The normalized spacial score (nSPS) is 10.7. The third-order valence-electron chi connectivity index (χ3n) is 4.32. The smallest absolute Gasteiger partial charge is 0.240 e. The van der Waals surface area contributed by atoms with Gasteiger partial charge in [-0.05, 0) is 29.3 Å². The summed E-state index contributed by atoms with van der Waals surface area (Å²) in [6.45, 7) is 1.07. The standard InChI is InChI=1S/C23H21N3O3/c24-14-22-25-23(26-29-22)19-11-12-20(27-15-17-7-3-1-4-8-17)21(13-19)28-16-18-9-5-2-6-10-18/h1-13H,14-16,24H2. The molecule has 0 amide bonds. The van der Waals surface area contributed by atoms with Gasteiger partial charge in [0.2, 0.25) is 11.7 Å². The fourth-order valence-electron chi connectivity index (χ4n) is 2.80. The fourth-order valence-corrected chi connectivity index (χ4v) is 2.80. The van der Waals surface area contributed by atoms with Crippen LogP contribution in [0.1, 0.15) is 17.0 Å². The van der Waals surface area contributed by atoms with Crippen LogP contribution in [-0.4, -0.2) is 10.1 Å². The highest BCUT2D eigenvalue weighted by Gasteiger charge is 2.13. The number of hydrogen-bond acceptors (Lipinski definition) is 6. The maximum absolute atomic E-state index is 6.07. The monoisotopic (exact) mass is 387 g/mol. The van der Waals surface area contributed by atoms with Gasteiger partial charge < -0.3 is 19.7 Å². The maximum atomic E-state index is 6.07. The molecule has 0 saturated heterocycles. The van der Waals surface area contributed by atoms with Gasteiger partial charge in [-0.15, -0.1) is 0 Å². The van der Waals surface area contributed by atoms with Crippen LogP contribution in [0.2, 0.25) is 0 Å². The van der Waals surface area contributed by atoms with E-state index in [1.54, 1.807) is 0 Å². The summed E-state index contributed by atoms with van der Waals surface area (Å²) in [6.07, 6.45) is 0. The van der Waals surface area contributed by atoms with Crippen molar-refractivity contribution in [3.63, 3.8) is 0 Å². The minimum atomic E-state index is 0.197. The van der Waals surface area contributed by atoms with Crippen molar-refractivity contribution in [2.24, 2.45) is 5.73 Å². The maximum Gasteiger partial charge on any atom is 0.240 e. The first-order chi connectivity index (χ1) is 14.3. The Bertz CT molecular complexity index is 1050. The van der Waals surface area contributed by atoms with E-state index in [0.717, 1.165) is 16.7 Å². The lowest BCUT2D eigenvalue weighted by molar-refractivity contribution is 0.256. The molecule has 3 aromatic carbocycles. The molecular formula is C23H21N3O3. The van der Waals surface area contributed by atoms with E-state index in [0.29, 0.717) is 36.4 Å². The summed E-state index contributed by atoms with van der Waals surface area (Å²) in [5.41, 5.74) is 8.47. The van der Waals surface area contributed by atoms with Crippen LogP contribution in [0.25, 0.3) is 11.4 Å². The summed E-state index contributed by atoms with van der Waals surface area (Å²) in [5, 5.41) is 3.98. The molecule has 1 heterocycles. The van der Waals surface area contributed by atoms with Gasteiger partial charge in [0.05, 0.1) is 6.54 Å². The van der Waals surface area contributed by atoms with E-state index >= 15 is 0 Å². The SMILES string of the molecule is NCc1nc(-c2ccc(OCc3ccccc3)c(OCc3ccccc3)c2)no1. The third kappa shape index (κ3) is 4.80. The second-order valence-electron chi connectivity index (χ2n) is 6.43. The van der Waals surface area contributed by atoms with Crippen molar-refractivity contribution >= 4 is 0 Å². The van der Waals surface area contributed by atoms with Crippen molar-refractivity contribution in [3.8, 4) is 22.9 Å². The van der Waals surface area contributed by atoms with E-state index in [2.05, 4.69) is 10.1 Å². The van der Waals surface area contributed by atoms with Crippen LogP contribution in [-0.2, 0) is 19.8 Å². The lowest BCUT2D eigenvalue weighted by atomic mass is 10.2. The largest absolute Gasteiger partial charge is 0.485 e. The highest BCUT2D eigenvalue weighted by Crippen LogP contribution is 2.33. The molecule has 0 spiro atoms. The molecule has 1 aromatic heterocycles. The Hall–Kier alpha value is -3.64. The van der Waals surface area contributed by atoms with Gasteiger partial charge in [0, 0.05) is 5.56 Å². The first-order valence-corrected chi connectivity index (χ1v) is 9.32. The van der Waals surface area contributed by atoms with Gasteiger partial charge in [-0.2, -0.15) is 4.98 Å². The number of aromatic nitrogens is 2. The molecule has 29 heavy (non-hydrogen) atoms. The Kier molecular flexibility index (Phi) is 5.83. The highest BCUT2D eigenvalue weighted by atomic mass is 16.5. The molecule has 0 radical (unpaired) electrons. The van der Waals surface area contributed by atoms with Crippen LogP contribution >= 0.6 is 0 Å². The van der Waals surface area contributed by atoms with Crippen LogP contribution in [0.15, 0.2) is 83.4 Å². The zero-order valence-corrected chi connectivity index (χ0v) is 15.8. The molecule has 6 heteroatoms. The summed E-state index contributed by atoms with van der Waals surface area (Å²) >= 11 is 0. The Morgan fingerprint density at radius 1 is 0.759 bits per heavy atom. The van der Waals surface area contributed by atoms with E-state index in [1.807, 2.05) is 78.9 Å². The Balaban J connectivity index is 1.58. The molecule has 0 fully saturated rings. The van der Waals surface area contributed by atoms with Gasteiger partial charge >= 0.3 is 0 Å². The molecule has 0 saturated carbocycles. The molecule has 0 atom stereocenters. The first kappa shape index (κ1) is 18.7. The van der Waals surface area contributed by atoms with E-state index in [9.17, 15) is 0 Å². The Morgan fingerprint density at radius 3 is 1.97 bits per heavy atom. The molecule has 6 nitrogen and oxygen atoms in total. The van der Waals surface area contributed by atoms with Gasteiger partial charge in [0.15, 0.2) is 11.5 Å². The zero-order chi connectivity index (χ0) is 19.9. The highest BCUT2D eigenvalue weighted by molar-refractivity contribution is 5.60. The van der Waals surface area contributed by atoms with Crippen molar-refractivity contribution in [2.45, 2.75) is 19.8 Å². The molecule has 0 aliphatic rings. The van der Waals surface area contributed by atoms with E-state index < -0.39 is 0 Å². The van der Waals surface area contributed by atoms with E-state index in [-0.39, 0.29) is 6.54 Å². The summed E-state index contributed by atoms with van der Waals surface area (Å²) in [4.78, 5) is 4.28. The van der Waals surface area contributed by atoms with Gasteiger partial charge in [-0.3, -0.25) is 0 Å². The van der Waals surface area contributed by atoms with Gasteiger partial charge in [-0.1, -0.05) is 65.8 Å². The summed E-state index contributed by atoms with van der Waals surface area (Å²) in [7, 11) is 0. The molecule has 0 aliphatic heterocycles. The van der Waals surface area contributed by atoms with E-state index in [4.69, 9.17) is 19.7 Å². The Labute approximate surface area is 168 Å². The summed E-state index contributed by atoms with van der Waals surface area (Å²) < 4.78 is 17.2. The molecular weight excluding hydrogens is 366 g/mol. The number of nitrogens with two attached hydrogens (primary N) is 1. The van der Waals surface area contributed by atoms with Gasteiger partial charge in [0.1, 0.15) is 13.2 Å². The van der Waals surface area contributed by atoms with E-state index in [1.165, 1.54) is 0 Å². The number of rotatable bonds is 8. The van der Waals surface area contributed by atoms with Crippen LogP contribution in [0.4, 0.5) is 0 Å². The second-order valence-corrected chi connectivity index (χ2v) is 6.43. The molecule has 2 N–H and O–H groups in total. The number of hydrogen-bond donors (Lipinski definition) is 1. The molecule has 4 rings (SSSR count). The fraction of sp³-hybridized carbons (Fsp3) is 0.130. The number of ether oxygens (including phenoxy) is 2. The van der Waals surface area contributed by atoms with Crippen LogP contribution in [0, 0.1) is 0 Å². The lowest BCUT2D eigenvalue weighted by Crippen LogP contribution is -2.01. The number of benzene rings is 3. The molecule has 4 aromatic rings. The van der Waals surface area contributed by atoms with Crippen LogP contribution < -0.4 is 15.2 Å². The summed E-state index contributed by atoms with van der Waals surface area (Å²) in [6, 6.07) is 25.6. The summed E-state index contributed by atoms with van der Waals surface area (Å²) in [5.74, 6) is 2.11. The van der Waals surface area contributed by atoms with Crippen molar-refractivity contribution < 1.29 is 14.0 Å². The first-order valence-electron chi connectivity index (χ1n) is 9.32. The van der Waals surface area contributed by atoms with Gasteiger partial charge in [0.25, 0.3) is 0 Å². The van der Waals surface area contributed by atoms with Crippen molar-refractivity contribution in [2.75, 3.05) is 0 Å². The topological polar surface area (TPSA) is 83.4 Å². The van der Waals surface area contributed by atoms with Crippen molar-refractivity contribution in [3.05, 3.63) is 95.9 Å². The average molecular weight is 387 g/mol. The zero-order valence-electron chi connectivity index (χ0n) is 15.8.